The minimum absolute atomic E-state index is 0.0150. The summed E-state index contributed by atoms with van der Waals surface area (Å²) in [5, 5.41) is 5.59. The summed E-state index contributed by atoms with van der Waals surface area (Å²) in [5.74, 6) is -1.16. The SMILES string of the molecule is COC(=O)CCC(NC(=O)Oc1ccc(Br)s1)C(=O)Nc1ccc(N2CCOCC2=O)c(C)c1. The second-order valence-electron chi connectivity index (χ2n) is 7.35. The highest BCUT2D eigenvalue weighted by molar-refractivity contribution is 9.11. The van der Waals surface area contributed by atoms with Crippen LogP contribution in [0.2, 0.25) is 0 Å². The molecule has 0 bridgehead atoms. The van der Waals surface area contributed by atoms with Gasteiger partial charge in [0, 0.05) is 24.3 Å². The first-order valence-electron chi connectivity index (χ1n) is 10.4. The number of ether oxygens (including phenoxy) is 3. The smallest absolute Gasteiger partial charge is 0.414 e. The number of halogens is 1. The Morgan fingerprint density at radius 1 is 1.26 bits per heavy atom. The molecule has 1 saturated heterocycles. The Morgan fingerprint density at radius 3 is 2.71 bits per heavy atom. The van der Waals surface area contributed by atoms with Gasteiger partial charge < -0.3 is 29.7 Å². The summed E-state index contributed by atoms with van der Waals surface area (Å²) < 4.78 is 15.8. The molecule has 0 radical (unpaired) electrons. The van der Waals surface area contributed by atoms with Crippen molar-refractivity contribution in [3.05, 3.63) is 39.7 Å². The number of nitrogens with zero attached hydrogens (tertiary/aromatic N) is 1. The van der Waals surface area contributed by atoms with E-state index in [9.17, 15) is 19.2 Å². The lowest BCUT2D eigenvalue weighted by atomic mass is 10.1. The molecule has 1 unspecified atom stereocenters. The third-order valence-electron chi connectivity index (χ3n) is 4.96. The first kappa shape index (κ1) is 25.7. The van der Waals surface area contributed by atoms with Crippen molar-refractivity contribution >= 4 is 62.5 Å². The number of carbonyl (C=O) groups excluding carboxylic acids is 4. The highest BCUT2D eigenvalue weighted by Gasteiger charge is 2.25. The number of hydrogen-bond donors (Lipinski definition) is 2. The number of aryl methyl sites for hydroxylation is 1. The first-order chi connectivity index (χ1) is 16.3. The molecule has 0 aliphatic carbocycles. The summed E-state index contributed by atoms with van der Waals surface area (Å²) in [4.78, 5) is 50.6. The molecule has 2 N–H and O–H groups in total. The van der Waals surface area contributed by atoms with Gasteiger partial charge in [0.25, 0.3) is 5.91 Å². The fraction of sp³-hybridized carbons (Fsp3) is 0.364. The number of amides is 3. The number of rotatable bonds is 8. The molecule has 182 valence electrons. The number of methoxy groups -OCH3 is 1. The van der Waals surface area contributed by atoms with Crippen LogP contribution in [0.5, 0.6) is 5.06 Å². The van der Waals surface area contributed by atoms with Gasteiger partial charge in [-0.25, -0.2) is 4.79 Å². The van der Waals surface area contributed by atoms with Crippen LogP contribution in [-0.4, -0.2) is 56.8 Å². The van der Waals surface area contributed by atoms with E-state index in [1.54, 1.807) is 35.2 Å². The van der Waals surface area contributed by atoms with Gasteiger partial charge in [0.15, 0.2) is 5.06 Å². The summed E-state index contributed by atoms with van der Waals surface area (Å²) in [7, 11) is 1.25. The van der Waals surface area contributed by atoms with E-state index in [0.717, 1.165) is 15.0 Å². The molecule has 3 rings (SSSR count). The van der Waals surface area contributed by atoms with Crippen LogP contribution in [0.15, 0.2) is 34.1 Å². The molecule has 0 saturated carbocycles. The van der Waals surface area contributed by atoms with E-state index in [4.69, 9.17) is 9.47 Å². The van der Waals surface area contributed by atoms with Crippen LogP contribution in [0.1, 0.15) is 18.4 Å². The maximum Gasteiger partial charge on any atom is 0.414 e. The van der Waals surface area contributed by atoms with E-state index in [-0.39, 0.29) is 25.4 Å². The molecule has 2 aromatic rings. The largest absolute Gasteiger partial charge is 0.469 e. The number of morpholine rings is 1. The van der Waals surface area contributed by atoms with Crippen molar-refractivity contribution in [1.29, 1.82) is 0 Å². The van der Waals surface area contributed by atoms with Crippen LogP contribution in [0.25, 0.3) is 0 Å². The van der Waals surface area contributed by atoms with Crippen LogP contribution in [0, 0.1) is 6.92 Å². The highest BCUT2D eigenvalue weighted by Crippen LogP contribution is 2.29. The molecule has 1 aliphatic rings. The van der Waals surface area contributed by atoms with E-state index in [1.807, 2.05) is 6.92 Å². The van der Waals surface area contributed by atoms with Crippen molar-refractivity contribution in [2.75, 3.05) is 37.1 Å². The van der Waals surface area contributed by atoms with Crippen molar-refractivity contribution in [3.63, 3.8) is 0 Å². The first-order valence-corrected chi connectivity index (χ1v) is 12.0. The molecule has 1 aromatic heterocycles. The third-order valence-corrected chi connectivity index (χ3v) is 6.46. The molecule has 10 nitrogen and oxygen atoms in total. The summed E-state index contributed by atoms with van der Waals surface area (Å²) in [6.07, 6.45) is -0.880. The lowest BCUT2D eigenvalue weighted by Gasteiger charge is -2.28. The Morgan fingerprint density at radius 2 is 2.06 bits per heavy atom. The van der Waals surface area contributed by atoms with Crippen molar-refractivity contribution in [3.8, 4) is 5.06 Å². The zero-order valence-electron chi connectivity index (χ0n) is 18.6. The summed E-state index contributed by atoms with van der Waals surface area (Å²) in [5.41, 5.74) is 2.00. The summed E-state index contributed by atoms with van der Waals surface area (Å²) >= 11 is 4.50. The van der Waals surface area contributed by atoms with Gasteiger partial charge in [0.05, 0.1) is 17.5 Å². The molecular weight excluding hydrogens is 530 g/mol. The Labute approximate surface area is 208 Å². The number of anilines is 2. The van der Waals surface area contributed by atoms with Gasteiger partial charge in [-0.05, 0) is 65.2 Å². The van der Waals surface area contributed by atoms with Gasteiger partial charge in [-0.3, -0.25) is 14.4 Å². The van der Waals surface area contributed by atoms with Crippen LogP contribution in [0.3, 0.4) is 0 Å². The number of esters is 1. The topological polar surface area (TPSA) is 123 Å². The molecule has 0 spiro atoms. The summed E-state index contributed by atoms with van der Waals surface area (Å²) in [6, 6.07) is 7.44. The quantitative estimate of drug-likeness (QED) is 0.481. The lowest BCUT2D eigenvalue weighted by Crippen LogP contribution is -2.45. The Bertz CT molecular complexity index is 1070. The van der Waals surface area contributed by atoms with E-state index in [2.05, 4.69) is 31.3 Å². The molecule has 1 fully saturated rings. The average Bonchev–Trinajstić information content (AvgIpc) is 3.21. The zero-order valence-corrected chi connectivity index (χ0v) is 21.0. The molecule has 1 atom stereocenters. The van der Waals surface area contributed by atoms with Gasteiger partial charge >= 0.3 is 12.1 Å². The molecule has 34 heavy (non-hydrogen) atoms. The van der Waals surface area contributed by atoms with Gasteiger partial charge in [0.1, 0.15) is 12.6 Å². The van der Waals surface area contributed by atoms with Crippen molar-refractivity contribution in [2.45, 2.75) is 25.8 Å². The molecule has 2 heterocycles. The Kier molecular flexibility index (Phi) is 9.02. The molecular formula is C22H24BrN3O7S. The number of nitrogens with one attached hydrogen (secondary N) is 2. The molecule has 12 heteroatoms. The number of benzene rings is 1. The summed E-state index contributed by atoms with van der Waals surface area (Å²) in [6.45, 7) is 2.77. The second-order valence-corrected chi connectivity index (χ2v) is 9.77. The molecule has 1 aromatic carbocycles. The minimum Gasteiger partial charge on any atom is -0.469 e. The molecule has 3 amide bonds. The van der Waals surface area contributed by atoms with Crippen LogP contribution in [-0.2, 0) is 23.9 Å². The monoisotopic (exact) mass is 553 g/mol. The Balaban J connectivity index is 1.68. The average molecular weight is 554 g/mol. The van der Waals surface area contributed by atoms with Crippen LogP contribution in [0.4, 0.5) is 16.2 Å². The van der Waals surface area contributed by atoms with Gasteiger partial charge in [-0.15, -0.1) is 0 Å². The fourth-order valence-corrected chi connectivity index (χ4v) is 4.48. The van der Waals surface area contributed by atoms with Gasteiger partial charge in [-0.2, -0.15) is 0 Å². The maximum absolute atomic E-state index is 12.9. The minimum atomic E-state index is -1.05. The predicted octanol–water partition coefficient (Wildman–Crippen LogP) is 3.23. The number of thiophene rings is 1. The van der Waals surface area contributed by atoms with Crippen LogP contribution >= 0.6 is 27.3 Å². The van der Waals surface area contributed by atoms with E-state index >= 15 is 0 Å². The Hall–Kier alpha value is -2.96. The maximum atomic E-state index is 12.9. The highest BCUT2D eigenvalue weighted by atomic mass is 79.9. The molecule has 1 aliphatic heterocycles. The van der Waals surface area contributed by atoms with Crippen molar-refractivity contribution < 1.29 is 33.4 Å². The third kappa shape index (κ3) is 7.02. The predicted molar refractivity (Wildman–Crippen MR) is 129 cm³/mol. The van der Waals surface area contributed by atoms with Crippen LogP contribution < -0.4 is 20.3 Å². The van der Waals surface area contributed by atoms with E-state index in [1.165, 1.54) is 18.4 Å². The normalized spacial score (nSPS) is 14.3. The van der Waals surface area contributed by atoms with Crippen molar-refractivity contribution in [2.24, 2.45) is 0 Å². The van der Waals surface area contributed by atoms with Gasteiger partial charge in [-0.1, -0.05) is 11.3 Å². The van der Waals surface area contributed by atoms with E-state index in [0.29, 0.717) is 23.9 Å². The number of carbonyl (C=O) groups is 4. The van der Waals surface area contributed by atoms with Gasteiger partial charge in [0.2, 0.25) is 5.91 Å². The fourth-order valence-electron chi connectivity index (χ4n) is 3.29. The number of hydrogen-bond acceptors (Lipinski definition) is 8. The van der Waals surface area contributed by atoms with Crippen molar-refractivity contribution in [1.82, 2.24) is 5.32 Å². The second kappa shape index (κ2) is 12.0. The zero-order chi connectivity index (χ0) is 24.7. The lowest BCUT2D eigenvalue weighted by molar-refractivity contribution is -0.140. The van der Waals surface area contributed by atoms with E-state index < -0.39 is 24.0 Å². The standard InChI is InChI=1S/C22H24BrN3O7S/c1-13-11-14(3-5-16(13)26-9-10-32-12-18(26)27)24-21(29)15(4-7-19(28)31-2)25-22(30)33-20-8-6-17(23)34-20/h3,5-6,8,11,15H,4,7,9-10,12H2,1-2H3,(H,24,29)(H,25,30).